The molecule has 0 saturated heterocycles. The standard InChI is InChI=1S/C15H16N4O/c1-11-3-5-14(6-4-11)20-10-12(2)19-15-9-17-13(7-16)8-18-15/h3-6,8-9,12H,10H2,1-2H3,(H,18,19). The summed E-state index contributed by atoms with van der Waals surface area (Å²) in [5.74, 6) is 1.47. The monoisotopic (exact) mass is 268 g/mol. The molecule has 102 valence electrons. The van der Waals surface area contributed by atoms with Crippen molar-refractivity contribution in [1.82, 2.24) is 9.97 Å². The number of rotatable bonds is 5. The fourth-order valence-corrected chi connectivity index (χ4v) is 1.61. The molecule has 0 amide bonds. The number of benzene rings is 1. The lowest BCUT2D eigenvalue weighted by Gasteiger charge is -2.15. The molecule has 0 bridgehead atoms. The van der Waals surface area contributed by atoms with Crippen LogP contribution in [0.5, 0.6) is 5.75 Å². The molecule has 1 heterocycles. The van der Waals surface area contributed by atoms with Gasteiger partial charge in [0.2, 0.25) is 0 Å². The van der Waals surface area contributed by atoms with Gasteiger partial charge in [-0.3, -0.25) is 0 Å². The van der Waals surface area contributed by atoms with Crippen LogP contribution in [-0.4, -0.2) is 22.6 Å². The van der Waals surface area contributed by atoms with Gasteiger partial charge in [-0.05, 0) is 26.0 Å². The van der Waals surface area contributed by atoms with Crippen molar-refractivity contribution in [2.75, 3.05) is 11.9 Å². The van der Waals surface area contributed by atoms with Gasteiger partial charge >= 0.3 is 0 Å². The molecule has 0 spiro atoms. The van der Waals surface area contributed by atoms with Crippen molar-refractivity contribution in [2.24, 2.45) is 0 Å². The normalized spacial score (nSPS) is 11.4. The summed E-state index contributed by atoms with van der Waals surface area (Å²) in [5, 5.41) is 11.8. The van der Waals surface area contributed by atoms with Gasteiger partial charge < -0.3 is 10.1 Å². The fraction of sp³-hybridized carbons (Fsp3) is 0.267. The fourth-order valence-electron chi connectivity index (χ4n) is 1.61. The van der Waals surface area contributed by atoms with Crippen molar-refractivity contribution in [3.8, 4) is 11.8 Å². The maximum atomic E-state index is 8.65. The Labute approximate surface area is 118 Å². The van der Waals surface area contributed by atoms with Crippen LogP contribution in [0.4, 0.5) is 5.82 Å². The number of nitrogens with zero attached hydrogens (tertiary/aromatic N) is 3. The number of hydrogen-bond donors (Lipinski definition) is 1. The Hall–Kier alpha value is -2.61. The van der Waals surface area contributed by atoms with Crippen molar-refractivity contribution in [3.05, 3.63) is 47.9 Å². The molecule has 1 aromatic carbocycles. The predicted molar refractivity (Wildman–Crippen MR) is 76.5 cm³/mol. The van der Waals surface area contributed by atoms with Crippen LogP contribution in [0.3, 0.4) is 0 Å². The molecule has 20 heavy (non-hydrogen) atoms. The summed E-state index contributed by atoms with van der Waals surface area (Å²) in [6, 6.07) is 9.94. The molecular formula is C15H16N4O. The molecule has 2 aromatic rings. The van der Waals surface area contributed by atoms with E-state index in [2.05, 4.69) is 15.3 Å². The molecule has 1 atom stereocenters. The first-order valence-electron chi connectivity index (χ1n) is 6.35. The van der Waals surface area contributed by atoms with Gasteiger partial charge in [0.05, 0.1) is 18.4 Å². The largest absolute Gasteiger partial charge is 0.491 e. The van der Waals surface area contributed by atoms with Crippen molar-refractivity contribution in [1.29, 1.82) is 5.26 Å². The van der Waals surface area contributed by atoms with Crippen molar-refractivity contribution in [2.45, 2.75) is 19.9 Å². The van der Waals surface area contributed by atoms with Gasteiger partial charge in [-0.25, -0.2) is 9.97 Å². The van der Waals surface area contributed by atoms with Gasteiger partial charge in [0, 0.05) is 0 Å². The zero-order valence-corrected chi connectivity index (χ0v) is 11.5. The molecule has 0 saturated carbocycles. The number of hydrogen-bond acceptors (Lipinski definition) is 5. The Morgan fingerprint density at radius 3 is 2.60 bits per heavy atom. The van der Waals surface area contributed by atoms with Crippen molar-refractivity contribution < 1.29 is 4.74 Å². The van der Waals surface area contributed by atoms with E-state index in [0.717, 1.165) is 5.75 Å². The lowest BCUT2D eigenvalue weighted by molar-refractivity contribution is 0.303. The van der Waals surface area contributed by atoms with Crippen LogP contribution >= 0.6 is 0 Å². The molecule has 5 nitrogen and oxygen atoms in total. The van der Waals surface area contributed by atoms with Crippen LogP contribution in [0.1, 0.15) is 18.2 Å². The van der Waals surface area contributed by atoms with Gasteiger partial charge in [-0.2, -0.15) is 5.26 Å². The molecule has 1 N–H and O–H groups in total. The van der Waals surface area contributed by atoms with Crippen LogP contribution in [0, 0.1) is 18.3 Å². The van der Waals surface area contributed by atoms with E-state index in [1.165, 1.54) is 11.8 Å². The second-order valence-corrected chi connectivity index (χ2v) is 4.57. The van der Waals surface area contributed by atoms with Crippen molar-refractivity contribution in [3.63, 3.8) is 0 Å². The van der Waals surface area contributed by atoms with Crippen LogP contribution in [0.25, 0.3) is 0 Å². The van der Waals surface area contributed by atoms with Crippen LogP contribution in [-0.2, 0) is 0 Å². The molecule has 2 rings (SSSR count). The molecule has 1 aromatic heterocycles. The molecule has 0 aliphatic heterocycles. The summed E-state index contributed by atoms with van der Waals surface area (Å²) in [6.45, 7) is 4.55. The van der Waals surface area contributed by atoms with Gasteiger partial charge in [-0.15, -0.1) is 0 Å². The molecule has 0 aliphatic rings. The first-order chi connectivity index (χ1) is 9.67. The zero-order chi connectivity index (χ0) is 14.4. The quantitative estimate of drug-likeness (QED) is 0.902. The van der Waals surface area contributed by atoms with E-state index in [0.29, 0.717) is 18.1 Å². The Morgan fingerprint density at radius 2 is 2.00 bits per heavy atom. The van der Waals surface area contributed by atoms with Gasteiger partial charge in [0.1, 0.15) is 24.2 Å². The van der Waals surface area contributed by atoms with Crippen LogP contribution in [0.15, 0.2) is 36.7 Å². The maximum Gasteiger partial charge on any atom is 0.158 e. The van der Waals surface area contributed by atoms with Crippen molar-refractivity contribution >= 4 is 5.82 Å². The highest BCUT2D eigenvalue weighted by atomic mass is 16.5. The molecule has 5 heteroatoms. The summed E-state index contributed by atoms with van der Waals surface area (Å²) in [6.07, 6.45) is 2.98. The van der Waals surface area contributed by atoms with E-state index in [1.807, 2.05) is 44.2 Å². The highest BCUT2D eigenvalue weighted by Crippen LogP contribution is 2.12. The highest BCUT2D eigenvalue weighted by molar-refractivity contribution is 5.34. The predicted octanol–water partition coefficient (Wildman–Crippen LogP) is 2.54. The minimum Gasteiger partial charge on any atom is -0.491 e. The SMILES string of the molecule is Cc1ccc(OCC(C)Nc2cnc(C#N)cn2)cc1. The summed E-state index contributed by atoms with van der Waals surface area (Å²) in [7, 11) is 0. The third kappa shape index (κ3) is 3.95. The van der Waals surface area contributed by atoms with Crippen LogP contribution in [0.2, 0.25) is 0 Å². The average molecular weight is 268 g/mol. The van der Waals surface area contributed by atoms with Gasteiger partial charge in [0.15, 0.2) is 5.69 Å². The Bertz CT molecular complexity index is 587. The number of nitrogens with one attached hydrogen (secondary N) is 1. The lowest BCUT2D eigenvalue weighted by atomic mass is 10.2. The van der Waals surface area contributed by atoms with E-state index < -0.39 is 0 Å². The van der Waals surface area contributed by atoms with Crippen LogP contribution < -0.4 is 10.1 Å². The molecule has 1 unspecified atom stereocenters. The van der Waals surface area contributed by atoms with E-state index in [9.17, 15) is 0 Å². The number of nitriles is 1. The van der Waals surface area contributed by atoms with E-state index in [4.69, 9.17) is 10.00 Å². The summed E-state index contributed by atoms with van der Waals surface area (Å²) >= 11 is 0. The molecule has 0 aliphatic carbocycles. The maximum absolute atomic E-state index is 8.65. The average Bonchev–Trinajstić information content (AvgIpc) is 2.47. The Kier molecular flexibility index (Phi) is 4.51. The molecular weight excluding hydrogens is 252 g/mol. The summed E-state index contributed by atoms with van der Waals surface area (Å²) in [4.78, 5) is 8.06. The van der Waals surface area contributed by atoms with E-state index >= 15 is 0 Å². The van der Waals surface area contributed by atoms with E-state index in [1.54, 1.807) is 6.20 Å². The minimum absolute atomic E-state index is 0.0820. The minimum atomic E-state index is 0.0820. The second-order valence-electron chi connectivity index (χ2n) is 4.57. The third-order valence-corrected chi connectivity index (χ3v) is 2.68. The third-order valence-electron chi connectivity index (χ3n) is 2.68. The number of anilines is 1. The lowest BCUT2D eigenvalue weighted by Crippen LogP contribution is -2.24. The van der Waals surface area contributed by atoms with E-state index in [-0.39, 0.29) is 6.04 Å². The smallest absolute Gasteiger partial charge is 0.158 e. The number of aromatic nitrogens is 2. The summed E-state index contributed by atoms with van der Waals surface area (Å²) < 4.78 is 5.68. The topological polar surface area (TPSA) is 70.8 Å². The zero-order valence-electron chi connectivity index (χ0n) is 11.5. The Morgan fingerprint density at radius 1 is 1.25 bits per heavy atom. The van der Waals surface area contributed by atoms with Gasteiger partial charge in [0.25, 0.3) is 0 Å². The number of ether oxygens (including phenoxy) is 1. The molecule has 0 radical (unpaired) electrons. The first-order valence-corrected chi connectivity index (χ1v) is 6.35. The van der Waals surface area contributed by atoms with Gasteiger partial charge in [-0.1, -0.05) is 17.7 Å². The highest BCUT2D eigenvalue weighted by Gasteiger charge is 2.05. The second kappa shape index (κ2) is 6.53. The first kappa shape index (κ1) is 13.8. The Balaban J connectivity index is 1.84. The number of aryl methyl sites for hydroxylation is 1. The summed E-state index contributed by atoms with van der Waals surface area (Å²) in [5.41, 5.74) is 1.51. The molecule has 0 fully saturated rings.